The lowest BCUT2D eigenvalue weighted by Crippen LogP contribution is -2.18. The largest absolute Gasteiger partial charge is 0.292 e. The molecule has 3 heteroatoms. The first-order valence-corrected chi connectivity index (χ1v) is 17.3. The zero-order valence-corrected chi connectivity index (χ0v) is 27.8. The van der Waals surface area contributed by atoms with Gasteiger partial charge in [0.25, 0.3) is 0 Å². The number of hydrogen-bond acceptors (Lipinski definition) is 2. The Labute approximate surface area is 289 Å². The van der Waals surface area contributed by atoms with Gasteiger partial charge in [0.05, 0.1) is 22.4 Å². The van der Waals surface area contributed by atoms with Crippen LogP contribution in [-0.2, 0) is 5.41 Å². The first-order chi connectivity index (χ1) is 24.6. The second-order valence-corrected chi connectivity index (χ2v) is 14.2. The van der Waals surface area contributed by atoms with Gasteiger partial charge in [0.1, 0.15) is 5.69 Å². The van der Waals surface area contributed by atoms with Crippen LogP contribution in [0.15, 0.2) is 152 Å². The maximum atomic E-state index is 5.69. The number of fused-ring (bicyclic) bond motifs is 13. The molecule has 234 valence electrons. The van der Waals surface area contributed by atoms with E-state index in [2.05, 4.69) is 170 Å². The molecule has 8 aromatic carbocycles. The maximum Gasteiger partial charge on any atom is 0.165 e. The Kier molecular flexibility index (Phi) is 5.45. The van der Waals surface area contributed by atoms with E-state index in [1.807, 2.05) is 0 Å². The van der Waals surface area contributed by atoms with Gasteiger partial charge in [0.2, 0.25) is 0 Å². The van der Waals surface area contributed by atoms with E-state index in [9.17, 15) is 0 Å². The molecule has 1 aliphatic rings. The van der Waals surface area contributed by atoms with Crippen LogP contribution in [0.5, 0.6) is 0 Å². The van der Waals surface area contributed by atoms with Crippen LogP contribution >= 0.6 is 0 Å². The zero-order chi connectivity index (χ0) is 33.1. The van der Waals surface area contributed by atoms with Crippen molar-refractivity contribution in [2.24, 2.45) is 0 Å². The van der Waals surface area contributed by atoms with Gasteiger partial charge in [-0.2, -0.15) is 0 Å². The lowest BCUT2D eigenvalue weighted by molar-refractivity contribution is 0.635. The van der Waals surface area contributed by atoms with Gasteiger partial charge in [-0.05, 0) is 72.9 Å². The molecule has 0 saturated carbocycles. The minimum Gasteiger partial charge on any atom is -0.292 e. The molecule has 0 saturated heterocycles. The van der Waals surface area contributed by atoms with Crippen LogP contribution < -0.4 is 0 Å². The Hall–Kier alpha value is -6.32. The Morgan fingerprint density at radius 1 is 0.440 bits per heavy atom. The summed E-state index contributed by atoms with van der Waals surface area (Å²) in [7, 11) is 0. The highest BCUT2D eigenvalue weighted by molar-refractivity contribution is 6.25. The van der Waals surface area contributed by atoms with E-state index in [4.69, 9.17) is 9.97 Å². The average Bonchev–Trinajstić information content (AvgIpc) is 3.60. The first-order valence-electron chi connectivity index (χ1n) is 17.3. The summed E-state index contributed by atoms with van der Waals surface area (Å²) in [6.45, 7) is 4.56. The van der Waals surface area contributed by atoms with Gasteiger partial charge in [-0.15, -0.1) is 0 Å². The van der Waals surface area contributed by atoms with Crippen LogP contribution in [0.2, 0.25) is 0 Å². The number of benzene rings is 8. The predicted octanol–water partition coefficient (Wildman–Crippen LogP) is 12.2. The van der Waals surface area contributed by atoms with Gasteiger partial charge in [-0.3, -0.25) is 4.57 Å². The number of rotatable bonds is 2. The third-order valence-corrected chi connectivity index (χ3v) is 11.1. The number of nitrogens with zero attached hydrogens (tertiary/aromatic N) is 3. The summed E-state index contributed by atoms with van der Waals surface area (Å²) in [6, 6.07) is 55.1. The fourth-order valence-electron chi connectivity index (χ4n) is 8.70. The first kappa shape index (κ1) is 27.6. The monoisotopic (exact) mass is 637 g/mol. The van der Waals surface area contributed by atoms with E-state index in [1.165, 1.54) is 59.4 Å². The second-order valence-electron chi connectivity index (χ2n) is 14.2. The zero-order valence-electron chi connectivity index (χ0n) is 27.8. The van der Waals surface area contributed by atoms with Crippen molar-refractivity contribution < 1.29 is 0 Å². The normalized spacial score (nSPS) is 13.6. The molecule has 2 aromatic heterocycles. The molecule has 0 fully saturated rings. The van der Waals surface area contributed by atoms with Crippen molar-refractivity contribution >= 4 is 64.9 Å². The lowest BCUT2D eigenvalue weighted by Gasteiger charge is -2.22. The van der Waals surface area contributed by atoms with Crippen LogP contribution in [0, 0.1) is 0 Å². The molecule has 0 atom stereocenters. The molecule has 50 heavy (non-hydrogen) atoms. The van der Waals surface area contributed by atoms with Gasteiger partial charge < -0.3 is 0 Å². The van der Waals surface area contributed by atoms with Crippen molar-refractivity contribution in [3.63, 3.8) is 0 Å². The van der Waals surface area contributed by atoms with Crippen molar-refractivity contribution in [3.8, 4) is 28.3 Å². The Morgan fingerprint density at radius 2 is 1.02 bits per heavy atom. The summed E-state index contributed by atoms with van der Waals surface area (Å²) >= 11 is 0. The van der Waals surface area contributed by atoms with Gasteiger partial charge in [-0.1, -0.05) is 141 Å². The SMILES string of the molecule is CC1(C)c2ccccc2-c2nc(-n3c4ccccc4c4cc5ccccc5cc43)c(-c3ccc4c5ccccc5c5ccccc5c4c3)nc21. The van der Waals surface area contributed by atoms with Gasteiger partial charge in [-0.25, -0.2) is 9.97 Å². The van der Waals surface area contributed by atoms with Crippen LogP contribution in [0.25, 0.3) is 93.2 Å². The summed E-state index contributed by atoms with van der Waals surface area (Å²) < 4.78 is 2.36. The highest BCUT2D eigenvalue weighted by Gasteiger charge is 2.39. The quantitative estimate of drug-likeness (QED) is 0.177. The third kappa shape index (κ3) is 3.64. The summed E-state index contributed by atoms with van der Waals surface area (Å²) in [5.74, 6) is 0.849. The number of aromatic nitrogens is 3. The molecule has 0 N–H and O–H groups in total. The number of para-hydroxylation sites is 1. The summed E-state index contributed by atoms with van der Waals surface area (Å²) in [5, 5.41) is 12.4. The molecule has 0 bridgehead atoms. The molecule has 0 aliphatic heterocycles. The van der Waals surface area contributed by atoms with Crippen LogP contribution in [-0.4, -0.2) is 14.5 Å². The smallest absolute Gasteiger partial charge is 0.165 e. The van der Waals surface area contributed by atoms with Crippen LogP contribution in [0.3, 0.4) is 0 Å². The highest BCUT2D eigenvalue weighted by atomic mass is 15.1. The van der Waals surface area contributed by atoms with Gasteiger partial charge >= 0.3 is 0 Å². The summed E-state index contributed by atoms with van der Waals surface area (Å²) in [5.41, 5.74) is 8.32. The molecule has 3 nitrogen and oxygen atoms in total. The predicted molar refractivity (Wildman–Crippen MR) is 209 cm³/mol. The van der Waals surface area contributed by atoms with E-state index in [0.29, 0.717) is 0 Å². The van der Waals surface area contributed by atoms with E-state index >= 15 is 0 Å². The Bertz CT molecular complexity index is 3040. The minimum absolute atomic E-state index is 0.289. The van der Waals surface area contributed by atoms with Crippen molar-refractivity contribution in [3.05, 3.63) is 163 Å². The Morgan fingerprint density at radius 3 is 1.76 bits per heavy atom. The van der Waals surface area contributed by atoms with Gasteiger partial charge in [0, 0.05) is 27.3 Å². The van der Waals surface area contributed by atoms with E-state index < -0.39 is 0 Å². The molecule has 0 amide bonds. The second kappa shape index (κ2) is 9.87. The summed E-state index contributed by atoms with van der Waals surface area (Å²) in [4.78, 5) is 11.4. The Balaban J connectivity index is 1.29. The summed E-state index contributed by atoms with van der Waals surface area (Å²) in [6.07, 6.45) is 0. The van der Waals surface area contributed by atoms with E-state index in [0.717, 1.165) is 45.1 Å². The molecule has 10 aromatic rings. The molecule has 0 unspecified atom stereocenters. The molecule has 11 rings (SSSR count). The highest BCUT2D eigenvalue weighted by Crippen LogP contribution is 2.49. The topological polar surface area (TPSA) is 30.7 Å². The average molecular weight is 638 g/mol. The van der Waals surface area contributed by atoms with E-state index in [-0.39, 0.29) is 5.41 Å². The molecule has 0 radical (unpaired) electrons. The number of hydrogen-bond donors (Lipinski definition) is 0. The van der Waals surface area contributed by atoms with Crippen molar-refractivity contribution in [2.75, 3.05) is 0 Å². The van der Waals surface area contributed by atoms with Crippen molar-refractivity contribution in [1.29, 1.82) is 0 Å². The van der Waals surface area contributed by atoms with E-state index in [1.54, 1.807) is 0 Å². The fraction of sp³-hybridized carbons (Fsp3) is 0.0638. The molecule has 0 spiro atoms. The standard InChI is InChI=1S/C47H31N3/c1-47(2)40-21-11-9-20-37(40)44-45(47)48-43(30-23-24-35-33-17-6-5-15-31(33)32-16-7-8-18-34(32)38(35)26-30)46(49-44)50-41-22-12-10-19-36(41)39-25-28-13-3-4-14-29(28)27-42(39)50/h3-27H,1-2H3. The molecular formula is C47H31N3. The van der Waals surface area contributed by atoms with Crippen LogP contribution in [0.4, 0.5) is 0 Å². The van der Waals surface area contributed by atoms with Crippen molar-refractivity contribution in [1.82, 2.24) is 14.5 Å². The third-order valence-electron chi connectivity index (χ3n) is 11.1. The maximum absolute atomic E-state index is 5.69. The van der Waals surface area contributed by atoms with Crippen molar-refractivity contribution in [2.45, 2.75) is 19.3 Å². The minimum atomic E-state index is -0.289. The lowest BCUT2D eigenvalue weighted by atomic mass is 9.85. The molecular weight excluding hydrogens is 607 g/mol. The molecule has 1 aliphatic carbocycles. The van der Waals surface area contributed by atoms with Crippen LogP contribution in [0.1, 0.15) is 25.1 Å². The fourth-order valence-corrected chi connectivity index (χ4v) is 8.70. The van der Waals surface area contributed by atoms with Gasteiger partial charge in [0.15, 0.2) is 5.82 Å². The molecule has 2 heterocycles.